The summed E-state index contributed by atoms with van der Waals surface area (Å²) in [6, 6.07) is 4.63. The number of halogens is 3. The van der Waals surface area contributed by atoms with E-state index in [0.29, 0.717) is 4.47 Å². The van der Waals surface area contributed by atoms with Crippen LogP contribution in [0.5, 0.6) is 5.75 Å². The smallest absolute Gasteiger partial charge is 0.357 e. The number of hydrogen-bond acceptors (Lipinski definition) is 5. The molecule has 2 rings (SSSR count). The van der Waals surface area contributed by atoms with E-state index in [4.69, 9.17) is 0 Å². The number of amides is 1. The molecule has 1 heterocycles. The molecule has 0 saturated heterocycles. The fraction of sp³-hybridized carbons (Fsp3) is 0. The molecule has 1 aromatic carbocycles. The molecule has 22 heavy (non-hydrogen) atoms. The van der Waals surface area contributed by atoms with Gasteiger partial charge in [-0.3, -0.25) is 9.78 Å². The molecule has 6 nitrogen and oxygen atoms in total. The Morgan fingerprint density at radius 3 is 2.64 bits per heavy atom. The van der Waals surface area contributed by atoms with Gasteiger partial charge in [-0.25, -0.2) is 4.39 Å². The van der Waals surface area contributed by atoms with E-state index in [0.717, 1.165) is 30.6 Å². The van der Waals surface area contributed by atoms with Gasteiger partial charge >= 0.3 is 10.5 Å². The summed E-state index contributed by atoms with van der Waals surface area (Å²) < 4.78 is 50.5. The first-order valence-electron chi connectivity index (χ1n) is 5.60. The first-order valence-corrected chi connectivity index (χ1v) is 7.70. The molecule has 1 amide bonds. The van der Waals surface area contributed by atoms with Gasteiger partial charge in [-0.2, -0.15) is 8.42 Å². The van der Waals surface area contributed by atoms with E-state index < -0.39 is 28.0 Å². The number of aromatic nitrogens is 1. The quantitative estimate of drug-likeness (QED) is 0.808. The minimum atomic E-state index is -5.21. The number of carbonyl (C=O) groups excluding carboxylic acids is 1. The Kier molecular flexibility index (Phi) is 4.71. The molecule has 1 aromatic heterocycles. The molecule has 0 radical (unpaired) electrons. The molecule has 0 spiro atoms. The molecule has 10 heteroatoms. The van der Waals surface area contributed by atoms with E-state index >= 15 is 0 Å². The zero-order chi connectivity index (χ0) is 16.3. The van der Waals surface area contributed by atoms with Crippen LogP contribution in [0.15, 0.2) is 41.1 Å². The van der Waals surface area contributed by atoms with Gasteiger partial charge in [0.25, 0.3) is 5.91 Å². The lowest BCUT2D eigenvalue weighted by atomic mass is 10.2. The number of nitrogens with one attached hydrogen (secondary N) is 1. The number of benzene rings is 1. The van der Waals surface area contributed by atoms with Crippen LogP contribution in [0.4, 0.5) is 14.0 Å². The van der Waals surface area contributed by atoms with Crippen LogP contribution in [0, 0.1) is 5.82 Å². The van der Waals surface area contributed by atoms with Crippen LogP contribution in [-0.4, -0.2) is 19.3 Å². The summed E-state index contributed by atoms with van der Waals surface area (Å²) in [6.45, 7) is 0. The normalized spacial score (nSPS) is 11.0. The van der Waals surface area contributed by atoms with E-state index in [1.165, 1.54) is 6.07 Å². The molecular weight excluding hydrogens is 386 g/mol. The molecule has 0 aliphatic carbocycles. The van der Waals surface area contributed by atoms with Crippen molar-refractivity contribution in [2.24, 2.45) is 0 Å². The molecule has 1 N–H and O–H groups in total. The van der Waals surface area contributed by atoms with E-state index in [-0.39, 0.29) is 11.3 Å². The number of pyridine rings is 1. The van der Waals surface area contributed by atoms with E-state index in [1.54, 1.807) is 0 Å². The molecule has 0 aliphatic rings. The third-order valence-corrected chi connectivity index (χ3v) is 3.40. The molecule has 2 aromatic rings. The summed E-state index contributed by atoms with van der Waals surface area (Å²) in [6.07, 6.45) is 2.06. The predicted octanol–water partition coefficient (Wildman–Crippen LogP) is 2.83. The van der Waals surface area contributed by atoms with Crippen molar-refractivity contribution in [3.05, 3.63) is 52.5 Å². The fourth-order valence-corrected chi connectivity index (χ4v) is 2.26. The van der Waals surface area contributed by atoms with Gasteiger partial charge in [0.05, 0.1) is 17.4 Å². The van der Waals surface area contributed by atoms with Gasteiger partial charge in [0.1, 0.15) is 5.82 Å². The van der Waals surface area contributed by atoms with E-state index in [2.05, 4.69) is 30.4 Å². The van der Waals surface area contributed by atoms with Crippen LogP contribution in [0.3, 0.4) is 0 Å². The minimum Gasteiger partial charge on any atom is -0.357 e. The number of hydrogen-bond donors (Lipinski definition) is 1. The van der Waals surface area contributed by atoms with Crippen LogP contribution in [-0.2, 0) is 10.5 Å². The largest absolute Gasteiger partial charge is 0.488 e. The van der Waals surface area contributed by atoms with Gasteiger partial charge in [0.15, 0.2) is 5.75 Å². The summed E-state index contributed by atoms with van der Waals surface area (Å²) in [7, 11) is -5.21. The summed E-state index contributed by atoms with van der Waals surface area (Å²) in [5.41, 5.74) is 0.216. The van der Waals surface area contributed by atoms with Crippen LogP contribution >= 0.6 is 15.9 Å². The lowest BCUT2D eigenvalue weighted by molar-refractivity contribution is 0.102. The average molecular weight is 393 g/mol. The average Bonchev–Trinajstić information content (AvgIpc) is 2.40. The van der Waals surface area contributed by atoms with Crippen molar-refractivity contribution in [1.82, 2.24) is 4.98 Å². The third kappa shape index (κ3) is 4.46. The maximum Gasteiger partial charge on any atom is 0.488 e. The molecular formula is C12H7BrF2N2O4S. The second kappa shape index (κ2) is 6.36. The highest BCUT2D eigenvalue weighted by Gasteiger charge is 2.14. The van der Waals surface area contributed by atoms with Gasteiger partial charge in [0, 0.05) is 10.7 Å². The van der Waals surface area contributed by atoms with Crippen molar-refractivity contribution < 1.29 is 25.7 Å². The summed E-state index contributed by atoms with van der Waals surface area (Å²) >= 11 is 3.08. The summed E-state index contributed by atoms with van der Waals surface area (Å²) in [5.74, 6) is -1.61. The molecule has 0 saturated carbocycles. The Labute approximate surface area is 132 Å². The van der Waals surface area contributed by atoms with Gasteiger partial charge in [0.2, 0.25) is 0 Å². The van der Waals surface area contributed by atoms with Crippen LogP contribution < -0.4 is 9.50 Å². The SMILES string of the molecule is O=C(Nc1ccc(F)cc1Br)c1cncc(OS(=O)(=O)F)c1. The maximum absolute atomic E-state index is 13.0. The number of nitrogens with zero attached hydrogens (tertiary/aromatic N) is 1. The van der Waals surface area contributed by atoms with Gasteiger partial charge in [-0.05, 0) is 40.2 Å². The van der Waals surface area contributed by atoms with Gasteiger partial charge in [-0.1, -0.05) is 3.89 Å². The minimum absolute atomic E-state index is 0.0719. The van der Waals surface area contributed by atoms with E-state index in [9.17, 15) is 21.5 Å². The summed E-state index contributed by atoms with van der Waals surface area (Å²) in [4.78, 5) is 15.6. The number of rotatable bonds is 4. The van der Waals surface area contributed by atoms with Gasteiger partial charge < -0.3 is 9.50 Å². The molecule has 0 unspecified atom stereocenters. The molecule has 0 fully saturated rings. The topological polar surface area (TPSA) is 85.4 Å². The third-order valence-electron chi connectivity index (χ3n) is 2.35. The van der Waals surface area contributed by atoms with Crippen molar-refractivity contribution in [2.45, 2.75) is 0 Å². The highest BCUT2D eigenvalue weighted by molar-refractivity contribution is 9.10. The van der Waals surface area contributed by atoms with Crippen molar-refractivity contribution in [3.8, 4) is 5.75 Å². The molecule has 0 atom stereocenters. The zero-order valence-corrected chi connectivity index (χ0v) is 13.0. The standard InChI is InChI=1S/C12H7BrF2N2O4S/c13-10-4-8(14)1-2-11(10)17-12(18)7-3-9(6-16-5-7)21-22(15,19)20/h1-6H,(H,17,18). The van der Waals surface area contributed by atoms with Gasteiger partial charge in [-0.15, -0.1) is 0 Å². The highest BCUT2D eigenvalue weighted by Crippen LogP contribution is 2.24. The first kappa shape index (κ1) is 16.3. The van der Waals surface area contributed by atoms with Crippen LogP contribution in [0.2, 0.25) is 0 Å². The summed E-state index contributed by atoms with van der Waals surface area (Å²) in [5, 5.41) is 2.45. The van der Waals surface area contributed by atoms with Crippen LogP contribution in [0.1, 0.15) is 10.4 Å². The Bertz CT molecular complexity index is 830. The Morgan fingerprint density at radius 1 is 1.27 bits per heavy atom. The molecule has 116 valence electrons. The number of anilines is 1. The second-order valence-corrected chi connectivity index (χ2v) is 5.77. The maximum atomic E-state index is 13.0. The lowest BCUT2D eigenvalue weighted by Crippen LogP contribution is -2.13. The van der Waals surface area contributed by atoms with Crippen LogP contribution in [0.25, 0.3) is 0 Å². The number of carbonyl (C=O) groups is 1. The fourth-order valence-electron chi connectivity index (χ4n) is 1.49. The second-order valence-electron chi connectivity index (χ2n) is 3.96. The van der Waals surface area contributed by atoms with Crippen molar-refractivity contribution >= 4 is 38.0 Å². The predicted molar refractivity (Wildman–Crippen MR) is 76.9 cm³/mol. The van der Waals surface area contributed by atoms with E-state index in [1.807, 2.05) is 0 Å². The Hall–Kier alpha value is -2.07. The van der Waals surface area contributed by atoms with Crippen molar-refractivity contribution in [3.63, 3.8) is 0 Å². The molecule has 0 aliphatic heterocycles. The highest BCUT2D eigenvalue weighted by atomic mass is 79.9. The van der Waals surface area contributed by atoms with Crippen molar-refractivity contribution in [2.75, 3.05) is 5.32 Å². The zero-order valence-electron chi connectivity index (χ0n) is 10.6. The molecule has 0 bridgehead atoms. The lowest BCUT2D eigenvalue weighted by Gasteiger charge is -2.08. The first-order chi connectivity index (χ1) is 10.2. The Morgan fingerprint density at radius 2 is 2.00 bits per heavy atom. The monoisotopic (exact) mass is 392 g/mol. The van der Waals surface area contributed by atoms with Crippen molar-refractivity contribution in [1.29, 1.82) is 0 Å². The Balaban J connectivity index is 2.21.